The van der Waals surface area contributed by atoms with E-state index >= 15 is 0 Å². The van der Waals surface area contributed by atoms with Crippen LogP contribution in [0.2, 0.25) is 0 Å². The standard InChI is InChI=1S/C20H33FN4O2.HI/c1-5-22-20(24(4)16-19(26)25(6-2)7-3)23-14-8-9-15-27-18-12-10-17(21)11-13-18;/h10-13H,5-9,14-16H2,1-4H3,(H,22,23);1H. The van der Waals surface area contributed by atoms with Crippen molar-refractivity contribution >= 4 is 35.8 Å². The second-order valence-corrected chi connectivity index (χ2v) is 6.17. The normalized spacial score (nSPS) is 10.8. The molecule has 0 aromatic heterocycles. The highest BCUT2D eigenvalue weighted by Gasteiger charge is 2.14. The molecule has 0 unspecified atom stereocenters. The number of hydrogen-bond acceptors (Lipinski definition) is 3. The van der Waals surface area contributed by atoms with Gasteiger partial charge in [-0.3, -0.25) is 9.79 Å². The van der Waals surface area contributed by atoms with E-state index in [1.54, 1.807) is 12.1 Å². The molecule has 0 bridgehead atoms. The van der Waals surface area contributed by atoms with E-state index in [4.69, 9.17) is 4.74 Å². The molecule has 0 aliphatic heterocycles. The Hall–Kier alpha value is -1.58. The largest absolute Gasteiger partial charge is 0.494 e. The zero-order chi connectivity index (χ0) is 20.1. The molecule has 28 heavy (non-hydrogen) atoms. The summed E-state index contributed by atoms with van der Waals surface area (Å²) in [6.07, 6.45) is 1.72. The van der Waals surface area contributed by atoms with E-state index in [2.05, 4.69) is 10.3 Å². The van der Waals surface area contributed by atoms with Gasteiger partial charge in [0, 0.05) is 33.2 Å². The highest BCUT2D eigenvalue weighted by Crippen LogP contribution is 2.11. The van der Waals surface area contributed by atoms with Gasteiger partial charge in [0.2, 0.25) is 5.91 Å². The van der Waals surface area contributed by atoms with E-state index in [1.807, 2.05) is 37.6 Å². The van der Waals surface area contributed by atoms with Crippen LogP contribution >= 0.6 is 24.0 Å². The molecule has 1 amide bonds. The highest BCUT2D eigenvalue weighted by molar-refractivity contribution is 14.0. The first-order valence-corrected chi connectivity index (χ1v) is 9.67. The van der Waals surface area contributed by atoms with Crippen LogP contribution in [-0.2, 0) is 4.79 Å². The lowest BCUT2D eigenvalue weighted by Crippen LogP contribution is -2.45. The van der Waals surface area contributed by atoms with Crippen LogP contribution < -0.4 is 10.1 Å². The second-order valence-electron chi connectivity index (χ2n) is 6.17. The number of likely N-dealkylation sites (N-methyl/N-ethyl adjacent to an activating group) is 2. The maximum Gasteiger partial charge on any atom is 0.242 e. The molecule has 1 N–H and O–H groups in total. The number of carbonyl (C=O) groups is 1. The van der Waals surface area contributed by atoms with E-state index < -0.39 is 0 Å². The van der Waals surface area contributed by atoms with Gasteiger partial charge < -0.3 is 19.9 Å². The summed E-state index contributed by atoms with van der Waals surface area (Å²) in [6.45, 7) is 9.66. The minimum atomic E-state index is -0.267. The summed E-state index contributed by atoms with van der Waals surface area (Å²) in [5.74, 6) is 1.23. The molecule has 1 rings (SSSR count). The van der Waals surface area contributed by atoms with Gasteiger partial charge in [0.1, 0.15) is 11.6 Å². The van der Waals surface area contributed by atoms with E-state index in [9.17, 15) is 9.18 Å². The van der Waals surface area contributed by atoms with Crippen molar-refractivity contribution in [1.82, 2.24) is 15.1 Å². The number of aliphatic imine (C=N–C) groups is 1. The number of nitrogens with zero attached hydrogens (tertiary/aromatic N) is 3. The number of benzene rings is 1. The molecule has 0 aliphatic carbocycles. The van der Waals surface area contributed by atoms with Gasteiger partial charge in [0.05, 0.1) is 13.2 Å². The molecule has 160 valence electrons. The third kappa shape index (κ3) is 10.1. The van der Waals surface area contributed by atoms with Gasteiger partial charge in [0.25, 0.3) is 0 Å². The molecule has 1 aromatic rings. The summed E-state index contributed by atoms with van der Waals surface area (Å²) >= 11 is 0. The fraction of sp³-hybridized carbons (Fsp3) is 0.600. The van der Waals surface area contributed by atoms with Crippen LogP contribution in [0, 0.1) is 5.82 Å². The molecule has 0 heterocycles. The van der Waals surface area contributed by atoms with Crippen LogP contribution in [0.1, 0.15) is 33.6 Å². The number of unbranched alkanes of at least 4 members (excludes halogenated alkanes) is 1. The first kappa shape index (κ1) is 26.4. The topological polar surface area (TPSA) is 57.2 Å². The predicted molar refractivity (Wildman–Crippen MR) is 123 cm³/mol. The maximum atomic E-state index is 12.8. The summed E-state index contributed by atoms with van der Waals surface area (Å²) in [5, 5.41) is 3.22. The molecule has 1 aromatic carbocycles. The molecule has 0 saturated carbocycles. The van der Waals surface area contributed by atoms with E-state index in [0.717, 1.165) is 25.3 Å². The van der Waals surface area contributed by atoms with Gasteiger partial charge >= 0.3 is 0 Å². The molecular formula is C20H34FIN4O2. The molecule has 0 saturated heterocycles. The summed E-state index contributed by atoms with van der Waals surface area (Å²) in [6, 6.07) is 6.02. The molecule has 8 heteroatoms. The van der Waals surface area contributed by atoms with Crippen molar-refractivity contribution in [3.63, 3.8) is 0 Å². The van der Waals surface area contributed by atoms with E-state index in [-0.39, 0.29) is 35.7 Å². The van der Waals surface area contributed by atoms with Crippen molar-refractivity contribution in [2.45, 2.75) is 33.6 Å². The van der Waals surface area contributed by atoms with Gasteiger partial charge in [-0.1, -0.05) is 0 Å². The van der Waals surface area contributed by atoms with Crippen molar-refractivity contribution in [3.05, 3.63) is 30.1 Å². The Morgan fingerprint density at radius 1 is 1.14 bits per heavy atom. The number of hydrogen-bond donors (Lipinski definition) is 1. The lowest BCUT2D eigenvalue weighted by atomic mass is 10.3. The SMILES string of the molecule is CCNC(=NCCCCOc1ccc(F)cc1)N(C)CC(=O)N(CC)CC.I. The zero-order valence-corrected chi connectivity index (χ0v) is 19.7. The number of amides is 1. The number of rotatable bonds is 11. The summed E-state index contributed by atoms with van der Waals surface area (Å²) in [7, 11) is 1.88. The van der Waals surface area contributed by atoms with Crippen LogP contribution in [0.5, 0.6) is 5.75 Å². The van der Waals surface area contributed by atoms with E-state index in [1.165, 1.54) is 12.1 Å². The highest BCUT2D eigenvalue weighted by atomic mass is 127. The Morgan fingerprint density at radius 2 is 1.79 bits per heavy atom. The number of guanidine groups is 1. The van der Waals surface area contributed by atoms with Crippen molar-refractivity contribution in [1.29, 1.82) is 0 Å². The molecule has 0 aliphatic rings. The molecule has 0 atom stereocenters. The minimum absolute atomic E-state index is 0. The third-order valence-electron chi connectivity index (χ3n) is 4.08. The third-order valence-corrected chi connectivity index (χ3v) is 4.08. The van der Waals surface area contributed by atoms with Gasteiger partial charge in [0.15, 0.2) is 5.96 Å². The molecule has 6 nitrogen and oxygen atoms in total. The van der Waals surface area contributed by atoms with Crippen LogP contribution in [0.25, 0.3) is 0 Å². The van der Waals surface area contributed by atoms with Gasteiger partial charge in [-0.2, -0.15) is 0 Å². The lowest BCUT2D eigenvalue weighted by Gasteiger charge is -2.25. The van der Waals surface area contributed by atoms with Crippen LogP contribution in [0.15, 0.2) is 29.3 Å². The summed E-state index contributed by atoms with van der Waals surface area (Å²) in [5.41, 5.74) is 0. The monoisotopic (exact) mass is 508 g/mol. The van der Waals surface area contributed by atoms with Gasteiger partial charge in [-0.15, -0.1) is 24.0 Å². The fourth-order valence-corrected chi connectivity index (χ4v) is 2.54. The molecule has 0 spiro atoms. The number of carbonyl (C=O) groups excluding carboxylic acids is 1. The smallest absolute Gasteiger partial charge is 0.242 e. The summed E-state index contributed by atoms with van der Waals surface area (Å²) in [4.78, 5) is 20.5. The number of ether oxygens (including phenoxy) is 1. The maximum absolute atomic E-state index is 12.8. The fourth-order valence-electron chi connectivity index (χ4n) is 2.54. The Bertz CT molecular complexity index is 580. The molecule has 0 radical (unpaired) electrons. The van der Waals surface area contributed by atoms with E-state index in [0.29, 0.717) is 38.5 Å². The van der Waals surface area contributed by atoms with Crippen LogP contribution in [-0.4, -0.2) is 68.0 Å². The Kier molecular flexibility index (Phi) is 14.5. The van der Waals surface area contributed by atoms with Crippen molar-refractivity contribution in [2.24, 2.45) is 4.99 Å². The van der Waals surface area contributed by atoms with Gasteiger partial charge in [-0.25, -0.2) is 4.39 Å². The Morgan fingerprint density at radius 3 is 2.36 bits per heavy atom. The minimum Gasteiger partial charge on any atom is -0.494 e. The zero-order valence-electron chi connectivity index (χ0n) is 17.4. The molecular weight excluding hydrogens is 474 g/mol. The van der Waals surface area contributed by atoms with Crippen molar-refractivity contribution in [3.8, 4) is 5.75 Å². The first-order valence-electron chi connectivity index (χ1n) is 9.67. The Labute approximate surface area is 185 Å². The van der Waals surface area contributed by atoms with Crippen LogP contribution in [0.4, 0.5) is 4.39 Å². The van der Waals surface area contributed by atoms with Crippen molar-refractivity contribution in [2.75, 3.05) is 46.4 Å². The average molecular weight is 508 g/mol. The predicted octanol–water partition coefficient (Wildman–Crippen LogP) is 3.37. The van der Waals surface area contributed by atoms with Crippen molar-refractivity contribution < 1.29 is 13.9 Å². The first-order chi connectivity index (χ1) is 13.0. The Balaban J connectivity index is 0.00000729. The van der Waals surface area contributed by atoms with Crippen LogP contribution in [0.3, 0.4) is 0 Å². The quantitative estimate of drug-likeness (QED) is 0.216. The average Bonchev–Trinajstić information content (AvgIpc) is 2.66. The van der Waals surface area contributed by atoms with Gasteiger partial charge in [-0.05, 0) is 57.9 Å². The number of halogens is 2. The number of nitrogens with one attached hydrogen (secondary N) is 1. The summed E-state index contributed by atoms with van der Waals surface area (Å²) < 4.78 is 18.4. The molecule has 0 fully saturated rings. The second kappa shape index (κ2) is 15.4. The lowest BCUT2D eigenvalue weighted by molar-refractivity contribution is -0.131.